The van der Waals surface area contributed by atoms with Crippen LogP contribution in [0.4, 0.5) is 0 Å². The van der Waals surface area contributed by atoms with E-state index in [9.17, 15) is 43.2 Å². The van der Waals surface area contributed by atoms with Crippen LogP contribution in [0, 0.1) is 0 Å². The molecular weight excluding hydrogens is 1270 g/mol. The first-order valence-electron chi connectivity index (χ1n) is 40.8. The van der Waals surface area contributed by atoms with E-state index in [2.05, 4.69) is 27.7 Å². The van der Waals surface area contributed by atoms with Crippen LogP contribution in [-0.2, 0) is 65.4 Å². The molecule has 0 spiro atoms. The van der Waals surface area contributed by atoms with Crippen molar-refractivity contribution in [3.63, 3.8) is 0 Å². The van der Waals surface area contributed by atoms with Crippen molar-refractivity contribution >= 4 is 39.5 Å². The van der Waals surface area contributed by atoms with E-state index < -0.39 is 97.5 Å². The number of hydrogen-bond donors (Lipinski definition) is 3. The first-order valence-corrected chi connectivity index (χ1v) is 43.8. The van der Waals surface area contributed by atoms with E-state index >= 15 is 0 Å². The molecule has 576 valence electrons. The lowest BCUT2D eigenvalue weighted by atomic mass is 10.0. The van der Waals surface area contributed by atoms with Crippen molar-refractivity contribution in [1.82, 2.24) is 0 Å². The van der Waals surface area contributed by atoms with Crippen molar-refractivity contribution in [2.75, 3.05) is 39.6 Å². The van der Waals surface area contributed by atoms with Gasteiger partial charge in [0.1, 0.15) is 19.3 Å². The van der Waals surface area contributed by atoms with Gasteiger partial charge in [-0.3, -0.25) is 37.3 Å². The molecule has 19 heteroatoms. The van der Waals surface area contributed by atoms with Crippen LogP contribution in [0.25, 0.3) is 0 Å². The predicted octanol–water partition coefficient (Wildman–Crippen LogP) is 23.4. The van der Waals surface area contributed by atoms with Gasteiger partial charge in [0.05, 0.1) is 26.4 Å². The molecule has 0 aliphatic carbocycles. The predicted molar refractivity (Wildman–Crippen MR) is 395 cm³/mol. The fourth-order valence-corrected chi connectivity index (χ4v) is 13.7. The number of rotatable bonds is 79. The summed E-state index contributed by atoms with van der Waals surface area (Å²) in [7, 11) is -9.90. The lowest BCUT2D eigenvalue weighted by Crippen LogP contribution is -2.30. The average Bonchev–Trinajstić information content (AvgIpc) is 1.40. The van der Waals surface area contributed by atoms with E-state index in [1.807, 2.05) is 0 Å². The quantitative estimate of drug-likeness (QED) is 0.0222. The first kappa shape index (κ1) is 95.1. The van der Waals surface area contributed by atoms with Gasteiger partial charge in [-0.25, -0.2) is 9.13 Å². The highest BCUT2D eigenvalue weighted by atomic mass is 31.2. The molecule has 3 N–H and O–H groups in total. The molecule has 0 radical (unpaired) electrons. The Morgan fingerprint density at radius 1 is 0.247 bits per heavy atom. The first-order chi connectivity index (χ1) is 47.2. The Kier molecular flexibility index (Phi) is 71.0. The van der Waals surface area contributed by atoms with Crippen LogP contribution in [0.2, 0.25) is 0 Å². The van der Waals surface area contributed by atoms with Crippen molar-refractivity contribution in [3.8, 4) is 0 Å². The van der Waals surface area contributed by atoms with Crippen molar-refractivity contribution in [3.05, 3.63) is 0 Å². The number of carbonyl (C=O) groups is 4. The molecule has 97 heavy (non-hydrogen) atoms. The molecule has 0 aromatic heterocycles. The second-order valence-corrected chi connectivity index (χ2v) is 31.0. The van der Waals surface area contributed by atoms with Crippen LogP contribution in [0.15, 0.2) is 0 Å². The van der Waals surface area contributed by atoms with Crippen LogP contribution in [-0.4, -0.2) is 96.7 Å². The lowest BCUT2D eigenvalue weighted by Gasteiger charge is -2.21. The minimum absolute atomic E-state index is 0.106. The Labute approximate surface area is 594 Å². The van der Waals surface area contributed by atoms with Crippen molar-refractivity contribution in [2.45, 2.75) is 438 Å². The van der Waals surface area contributed by atoms with Gasteiger partial charge in [-0.05, 0) is 25.7 Å². The molecule has 0 fully saturated rings. The largest absolute Gasteiger partial charge is 0.472 e. The topological polar surface area (TPSA) is 237 Å². The smallest absolute Gasteiger partial charge is 0.462 e. The Morgan fingerprint density at radius 3 is 0.608 bits per heavy atom. The molecule has 0 aromatic rings. The van der Waals surface area contributed by atoms with Crippen molar-refractivity contribution < 1.29 is 80.2 Å². The van der Waals surface area contributed by atoms with E-state index in [0.717, 1.165) is 89.9 Å². The second kappa shape index (κ2) is 72.4. The number of phosphoric acid groups is 2. The third-order valence-corrected chi connectivity index (χ3v) is 20.3. The lowest BCUT2D eigenvalue weighted by molar-refractivity contribution is -0.161. The summed E-state index contributed by atoms with van der Waals surface area (Å²) in [5.41, 5.74) is 0. The minimum Gasteiger partial charge on any atom is -0.462 e. The summed E-state index contributed by atoms with van der Waals surface area (Å²) in [6.07, 6.45) is 64.0. The standard InChI is InChI=1S/C78H152O17P2/c1-5-9-13-17-21-25-27-29-31-33-35-37-39-41-43-45-49-53-57-61-65-78(83)95-74(69-89-76(81)63-59-55-51-48-44-42-40-38-36-34-32-30-28-26-22-18-14-10-6-2)71-93-97(86,87)91-67-72(79)66-90-96(84,85)92-70-73(94-77(82)64-60-56-52-47-24-20-16-12-8-4)68-88-75(80)62-58-54-50-46-23-19-15-11-7-3/h72-74,79H,5-71H2,1-4H3,(H,84,85)(H,86,87)/t72-,73+,74+/m0/s1. The Balaban J connectivity index is 5.16. The van der Waals surface area contributed by atoms with Gasteiger partial charge in [-0.2, -0.15) is 0 Å². The van der Waals surface area contributed by atoms with E-state index in [-0.39, 0.29) is 25.7 Å². The highest BCUT2D eigenvalue weighted by Crippen LogP contribution is 2.45. The third kappa shape index (κ3) is 72.2. The highest BCUT2D eigenvalue weighted by Gasteiger charge is 2.30. The van der Waals surface area contributed by atoms with Crippen LogP contribution in [0.1, 0.15) is 419 Å². The number of aliphatic hydroxyl groups is 1. The summed E-state index contributed by atoms with van der Waals surface area (Å²) < 4.78 is 68.5. The number of ether oxygens (including phenoxy) is 4. The van der Waals surface area contributed by atoms with Gasteiger partial charge >= 0.3 is 39.5 Å². The summed E-state index contributed by atoms with van der Waals surface area (Å²) in [6.45, 7) is 4.96. The van der Waals surface area contributed by atoms with E-state index in [4.69, 9.17) is 37.0 Å². The van der Waals surface area contributed by atoms with Crippen molar-refractivity contribution in [1.29, 1.82) is 0 Å². The van der Waals surface area contributed by atoms with Gasteiger partial charge in [0.15, 0.2) is 12.2 Å². The van der Waals surface area contributed by atoms with E-state index in [1.54, 1.807) is 0 Å². The average molecular weight is 1420 g/mol. The zero-order valence-corrected chi connectivity index (χ0v) is 64.8. The normalized spacial score (nSPS) is 13.8. The molecule has 0 saturated heterocycles. The Morgan fingerprint density at radius 2 is 0.412 bits per heavy atom. The minimum atomic E-state index is -4.96. The summed E-state index contributed by atoms with van der Waals surface area (Å²) in [5.74, 6) is -2.11. The zero-order valence-electron chi connectivity index (χ0n) is 63.1. The summed E-state index contributed by atoms with van der Waals surface area (Å²) in [5, 5.41) is 10.6. The summed E-state index contributed by atoms with van der Waals surface area (Å²) >= 11 is 0. The maximum atomic E-state index is 13.1. The van der Waals surface area contributed by atoms with Gasteiger partial charge in [0.2, 0.25) is 0 Å². The number of esters is 4. The van der Waals surface area contributed by atoms with Crippen LogP contribution >= 0.6 is 15.6 Å². The van der Waals surface area contributed by atoms with Crippen LogP contribution in [0.5, 0.6) is 0 Å². The monoisotopic (exact) mass is 1420 g/mol. The van der Waals surface area contributed by atoms with Gasteiger partial charge < -0.3 is 33.8 Å². The second-order valence-electron chi connectivity index (χ2n) is 28.1. The Hall–Kier alpha value is -1.94. The molecular formula is C78H152O17P2. The number of hydrogen-bond acceptors (Lipinski definition) is 15. The third-order valence-electron chi connectivity index (χ3n) is 18.4. The van der Waals surface area contributed by atoms with E-state index in [1.165, 1.54) is 250 Å². The van der Waals surface area contributed by atoms with Gasteiger partial charge in [0.25, 0.3) is 0 Å². The van der Waals surface area contributed by atoms with Crippen LogP contribution < -0.4 is 0 Å². The van der Waals surface area contributed by atoms with Crippen LogP contribution in [0.3, 0.4) is 0 Å². The number of phosphoric ester groups is 2. The zero-order chi connectivity index (χ0) is 71.1. The van der Waals surface area contributed by atoms with E-state index in [0.29, 0.717) is 25.7 Å². The molecule has 0 saturated carbocycles. The molecule has 0 bridgehead atoms. The van der Waals surface area contributed by atoms with Gasteiger partial charge in [-0.1, -0.05) is 368 Å². The maximum absolute atomic E-state index is 13.1. The molecule has 0 heterocycles. The molecule has 0 aliphatic heterocycles. The number of carbonyl (C=O) groups excluding carboxylic acids is 4. The summed E-state index contributed by atoms with van der Waals surface area (Å²) in [4.78, 5) is 72.7. The Bertz CT molecular complexity index is 1840. The molecule has 17 nitrogen and oxygen atoms in total. The molecule has 0 aliphatic rings. The fraction of sp³-hybridized carbons (Fsp3) is 0.949. The van der Waals surface area contributed by atoms with Gasteiger partial charge in [-0.15, -0.1) is 0 Å². The fourth-order valence-electron chi connectivity index (χ4n) is 12.1. The number of unbranched alkanes of at least 4 members (excludes halogenated alkanes) is 53. The molecule has 0 rings (SSSR count). The molecule has 2 unspecified atom stereocenters. The number of aliphatic hydroxyl groups excluding tert-OH is 1. The van der Waals surface area contributed by atoms with Crippen molar-refractivity contribution in [2.24, 2.45) is 0 Å². The molecule has 0 amide bonds. The summed E-state index contributed by atoms with van der Waals surface area (Å²) in [6, 6.07) is 0. The molecule has 0 aromatic carbocycles. The van der Waals surface area contributed by atoms with Gasteiger partial charge in [0, 0.05) is 25.7 Å². The molecule has 5 atom stereocenters. The highest BCUT2D eigenvalue weighted by molar-refractivity contribution is 7.47. The SMILES string of the molecule is CCCCCCCCCCCCCCCCCCCCCCC(=O)O[C@H](COC(=O)CCCCCCCCCCCCCCCCCCCCC)COP(=O)(O)OC[C@@H](O)COP(=O)(O)OC[C@@H](COC(=O)CCCCCCCCCCC)OC(=O)CCCCCCCCCCC. The maximum Gasteiger partial charge on any atom is 0.472 e.